The number of rotatable bonds is 6. The Morgan fingerprint density at radius 1 is 1.03 bits per heavy atom. The summed E-state index contributed by atoms with van der Waals surface area (Å²) in [5.74, 6) is 0.153. The van der Waals surface area contributed by atoms with Crippen molar-refractivity contribution in [3.05, 3.63) is 34.4 Å². The van der Waals surface area contributed by atoms with E-state index in [0.29, 0.717) is 24.8 Å². The molecule has 0 aromatic heterocycles. The summed E-state index contributed by atoms with van der Waals surface area (Å²) >= 11 is 0. The zero-order valence-corrected chi connectivity index (χ0v) is 17.8. The van der Waals surface area contributed by atoms with Gasteiger partial charge < -0.3 is 9.80 Å². The zero-order valence-electron chi connectivity index (χ0n) is 17.8. The number of anilines is 1. The second kappa shape index (κ2) is 9.99. The van der Waals surface area contributed by atoms with E-state index in [1.807, 2.05) is 4.90 Å². The molecule has 2 fully saturated rings. The predicted octanol–water partition coefficient (Wildman–Crippen LogP) is 1.58. The van der Waals surface area contributed by atoms with Gasteiger partial charge in [-0.3, -0.25) is 29.5 Å². The Balaban J connectivity index is 1.44. The third-order valence-electron chi connectivity index (χ3n) is 6.13. The van der Waals surface area contributed by atoms with Crippen molar-refractivity contribution >= 4 is 23.2 Å². The standard InChI is InChI=1S/C21H31N5O4/c1-17-5-3-4-10-25(17)21(28)16-24-13-11-23(12-14-24)15-20(27)22(2)18-6-8-19(9-7-18)26(29)30/h6-9,17H,3-5,10-16H2,1-2H3. The van der Waals surface area contributed by atoms with E-state index in [1.165, 1.54) is 23.5 Å². The summed E-state index contributed by atoms with van der Waals surface area (Å²) in [7, 11) is 1.68. The molecule has 1 aromatic carbocycles. The first kappa shape index (κ1) is 22.2. The summed E-state index contributed by atoms with van der Waals surface area (Å²) in [5, 5.41) is 10.8. The van der Waals surface area contributed by atoms with Crippen LogP contribution in [0.2, 0.25) is 0 Å². The molecule has 9 nitrogen and oxygen atoms in total. The molecule has 2 heterocycles. The normalized spacial score (nSPS) is 20.7. The molecule has 3 rings (SSSR count). The molecule has 0 radical (unpaired) electrons. The van der Waals surface area contributed by atoms with Crippen LogP contribution in [0.25, 0.3) is 0 Å². The first-order valence-corrected chi connectivity index (χ1v) is 10.6. The lowest BCUT2D eigenvalue weighted by molar-refractivity contribution is -0.384. The summed E-state index contributed by atoms with van der Waals surface area (Å²) in [6, 6.07) is 6.30. The Labute approximate surface area is 177 Å². The van der Waals surface area contributed by atoms with Crippen molar-refractivity contribution in [1.82, 2.24) is 14.7 Å². The number of non-ortho nitro benzene ring substituents is 1. The first-order valence-electron chi connectivity index (χ1n) is 10.6. The number of hydrogen-bond acceptors (Lipinski definition) is 6. The number of likely N-dealkylation sites (tertiary alicyclic amines) is 1. The molecule has 1 unspecified atom stereocenters. The highest BCUT2D eigenvalue weighted by Gasteiger charge is 2.27. The molecule has 0 saturated carbocycles. The number of likely N-dealkylation sites (N-methyl/N-ethyl adjacent to an activating group) is 1. The smallest absolute Gasteiger partial charge is 0.269 e. The average Bonchev–Trinajstić information content (AvgIpc) is 2.74. The molecule has 2 aliphatic rings. The Hall–Kier alpha value is -2.52. The van der Waals surface area contributed by atoms with Crippen LogP contribution in [0.15, 0.2) is 24.3 Å². The van der Waals surface area contributed by atoms with Gasteiger partial charge in [-0.25, -0.2) is 0 Å². The van der Waals surface area contributed by atoms with E-state index in [-0.39, 0.29) is 17.5 Å². The Morgan fingerprint density at radius 3 is 2.20 bits per heavy atom. The number of carbonyl (C=O) groups is 2. The Morgan fingerprint density at radius 2 is 1.63 bits per heavy atom. The third-order valence-corrected chi connectivity index (χ3v) is 6.13. The van der Waals surface area contributed by atoms with E-state index >= 15 is 0 Å². The number of amides is 2. The highest BCUT2D eigenvalue weighted by Crippen LogP contribution is 2.19. The number of carbonyl (C=O) groups excluding carboxylic acids is 2. The summed E-state index contributed by atoms with van der Waals surface area (Å²) in [4.78, 5) is 43.3. The molecule has 0 bridgehead atoms. The largest absolute Gasteiger partial charge is 0.339 e. The highest BCUT2D eigenvalue weighted by atomic mass is 16.6. The molecule has 0 N–H and O–H groups in total. The van der Waals surface area contributed by atoms with Crippen LogP contribution in [0.5, 0.6) is 0 Å². The maximum absolute atomic E-state index is 12.6. The minimum absolute atomic E-state index is 0.00390. The predicted molar refractivity (Wildman–Crippen MR) is 114 cm³/mol. The van der Waals surface area contributed by atoms with Crippen LogP contribution >= 0.6 is 0 Å². The second-order valence-electron chi connectivity index (χ2n) is 8.21. The third kappa shape index (κ3) is 5.54. The van der Waals surface area contributed by atoms with Crippen LogP contribution in [0.4, 0.5) is 11.4 Å². The Bertz CT molecular complexity index is 761. The number of piperazine rings is 1. The van der Waals surface area contributed by atoms with Gasteiger partial charge in [0.25, 0.3) is 5.69 Å². The van der Waals surface area contributed by atoms with E-state index in [0.717, 1.165) is 45.6 Å². The molecule has 1 atom stereocenters. The summed E-state index contributed by atoms with van der Waals surface area (Å²) in [6.07, 6.45) is 3.38. The van der Waals surface area contributed by atoms with Gasteiger partial charge >= 0.3 is 0 Å². The molecule has 0 aliphatic carbocycles. The molecular formula is C21H31N5O4. The van der Waals surface area contributed by atoms with Gasteiger partial charge in [-0.1, -0.05) is 0 Å². The lowest BCUT2D eigenvalue weighted by Crippen LogP contribution is -2.53. The average molecular weight is 418 g/mol. The lowest BCUT2D eigenvalue weighted by Gasteiger charge is -2.38. The van der Waals surface area contributed by atoms with Gasteiger partial charge in [-0.15, -0.1) is 0 Å². The van der Waals surface area contributed by atoms with Crippen LogP contribution in [0, 0.1) is 10.1 Å². The number of piperidine rings is 1. The van der Waals surface area contributed by atoms with Crippen LogP contribution in [0.1, 0.15) is 26.2 Å². The van der Waals surface area contributed by atoms with Gasteiger partial charge in [0.15, 0.2) is 0 Å². The second-order valence-corrected chi connectivity index (χ2v) is 8.21. The summed E-state index contributed by atoms with van der Waals surface area (Å²) < 4.78 is 0. The molecule has 164 valence electrons. The quantitative estimate of drug-likeness (QED) is 0.516. The lowest BCUT2D eigenvalue weighted by atomic mass is 10.0. The fourth-order valence-corrected chi connectivity index (χ4v) is 4.10. The van der Waals surface area contributed by atoms with E-state index in [9.17, 15) is 19.7 Å². The van der Waals surface area contributed by atoms with Crippen molar-refractivity contribution in [2.75, 3.05) is 57.8 Å². The molecule has 2 aliphatic heterocycles. The monoisotopic (exact) mass is 417 g/mol. The molecule has 1 aromatic rings. The molecular weight excluding hydrogens is 386 g/mol. The van der Waals surface area contributed by atoms with Crippen LogP contribution in [0.3, 0.4) is 0 Å². The van der Waals surface area contributed by atoms with E-state index < -0.39 is 4.92 Å². The summed E-state index contributed by atoms with van der Waals surface area (Å²) in [5.41, 5.74) is 0.634. The Kier molecular flexibility index (Phi) is 7.38. The molecule has 0 spiro atoms. The van der Waals surface area contributed by atoms with Gasteiger partial charge in [-0.2, -0.15) is 0 Å². The fourth-order valence-electron chi connectivity index (χ4n) is 4.10. The fraction of sp³-hybridized carbons (Fsp3) is 0.619. The van der Waals surface area contributed by atoms with Crippen molar-refractivity contribution in [3.63, 3.8) is 0 Å². The van der Waals surface area contributed by atoms with Crippen molar-refractivity contribution in [2.45, 2.75) is 32.2 Å². The van der Waals surface area contributed by atoms with Crippen LogP contribution in [-0.2, 0) is 9.59 Å². The van der Waals surface area contributed by atoms with Crippen molar-refractivity contribution < 1.29 is 14.5 Å². The van der Waals surface area contributed by atoms with Crippen molar-refractivity contribution in [2.24, 2.45) is 0 Å². The zero-order chi connectivity index (χ0) is 21.7. The maximum Gasteiger partial charge on any atom is 0.269 e. The number of nitrogens with zero attached hydrogens (tertiary/aromatic N) is 5. The van der Waals surface area contributed by atoms with Gasteiger partial charge in [0.1, 0.15) is 0 Å². The number of hydrogen-bond donors (Lipinski definition) is 0. The SMILES string of the molecule is CC1CCCCN1C(=O)CN1CCN(CC(=O)N(C)c2ccc([N+](=O)[O-])cc2)CC1. The van der Waals surface area contributed by atoms with Gasteiger partial charge in [-0.05, 0) is 38.3 Å². The van der Waals surface area contributed by atoms with Crippen LogP contribution in [-0.4, -0.2) is 90.3 Å². The maximum atomic E-state index is 12.6. The van der Waals surface area contributed by atoms with E-state index in [2.05, 4.69) is 16.7 Å². The van der Waals surface area contributed by atoms with Gasteiger partial charge in [0.05, 0.1) is 18.0 Å². The minimum atomic E-state index is -0.457. The topological polar surface area (TPSA) is 90.2 Å². The number of nitro groups is 1. The number of nitro benzene ring substituents is 1. The van der Waals surface area contributed by atoms with E-state index in [4.69, 9.17) is 0 Å². The van der Waals surface area contributed by atoms with Crippen molar-refractivity contribution in [3.8, 4) is 0 Å². The molecule has 2 saturated heterocycles. The first-order chi connectivity index (χ1) is 14.3. The van der Waals surface area contributed by atoms with E-state index in [1.54, 1.807) is 19.2 Å². The van der Waals surface area contributed by atoms with Gasteiger partial charge in [0, 0.05) is 63.6 Å². The molecule has 30 heavy (non-hydrogen) atoms. The van der Waals surface area contributed by atoms with Crippen molar-refractivity contribution in [1.29, 1.82) is 0 Å². The van der Waals surface area contributed by atoms with Gasteiger partial charge in [0.2, 0.25) is 11.8 Å². The molecule has 2 amide bonds. The highest BCUT2D eigenvalue weighted by molar-refractivity contribution is 5.94. The van der Waals surface area contributed by atoms with Crippen LogP contribution < -0.4 is 4.90 Å². The summed E-state index contributed by atoms with van der Waals surface area (Å²) in [6.45, 7) is 6.75. The minimum Gasteiger partial charge on any atom is -0.339 e. The molecule has 9 heteroatoms. The number of benzene rings is 1.